The Bertz CT molecular complexity index is 304. The van der Waals surface area contributed by atoms with E-state index in [-0.39, 0.29) is 5.91 Å². The molecule has 0 bridgehead atoms. The molecular weight excluding hydrogens is 222 g/mol. The van der Waals surface area contributed by atoms with Crippen molar-refractivity contribution in [3.63, 3.8) is 0 Å². The average molecular weight is 243 g/mol. The fourth-order valence-electron chi connectivity index (χ4n) is 2.02. The summed E-state index contributed by atoms with van der Waals surface area (Å²) in [6.07, 6.45) is 2.39. The molecule has 98 valence electrons. The largest absolute Gasteiger partial charge is 0.444 e. The van der Waals surface area contributed by atoms with Crippen LogP contribution in [0.5, 0.6) is 0 Å². The van der Waals surface area contributed by atoms with E-state index in [0.717, 1.165) is 12.8 Å². The van der Waals surface area contributed by atoms with Crippen molar-refractivity contribution in [3.05, 3.63) is 0 Å². The standard InChI is InChI=1S/C11H21N3O3/c1-10(2,3)17-9(16)13-11(8(15)14-12)6-4-5-7-11/h4-7,12H2,1-3H3,(H,13,16)(H,14,15). The van der Waals surface area contributed by atoms with E-state index in [9.17, 15) is 9.59 Å². The maximum absolute atomic E-state index is 11.7. The molecule has 0 aliphatic heterocycles. The van der Waals surface area contributed by atoms with Gasteiger partial charge in [-0.2, -0.15) is 0 Å². The molecule has 17 heavy (non-hydrogen) atoms. The average Bonchev–Trinajstić information content (AvgIpc) is 2.63. The number of rotatable bonds is 2. The van der Waals surface area contributed by atoms with E-state index in [2.05, 4.69) is 10.7 Å². The molecule has 1 rings (SSSR count). The molecular formula is C11H21N3O3. The van der Waals surface area contributed by atoms with Crippen molar-refractivity contribution in [1.29, 1.82) is 0 Å². The minimum absolute atomic E-state index is 0.360. The van der Waals surface area contributed by atoms with Crippen molar-refractivity contribution in [3.8, 4) is 0 Å². The van der Waals surface area contributed by atoms with Crippen molar-refractivity contribution in [2.24, 2.45) is 5.84 Å². The lowest BCUT2D eigenvalue weighted by Crippen LogP contribution is -2.59. The zero-order chi connectivity index (χ0) is 13.1. The zero-order valence-corrected chi connectivity index (χ0v) is 10.6. The summed E-state index contributed by atoms with van der Waals surface area (Å²) in [5, 5.41) is 2.65. The van der Waals surface area contributed by atoms with Crippen LogP contribution in [0.15, 0.2) is 0 Å². The highest BCUT2D eigenvalue weighted by Crippen LogP contribution is 2.30. The van der Waals surface area contributed by atoms with E-state index in [4.69, 9.17) is 10.6 Å². The summed E-state index contributed by atoms with van der Waals surface area (Å²) >= 11 is 0. The van der Waals surface area contributed by atoms with Gasteiger partial charge in [-0.05, 0) is 33.6 Å². The predicted molar refractivity (Wildman–Crippen MR) is 62.9 cm³/mol. The van der Waals surface area contributed by atoms with Gasteiger partial charge in [0.1, 0.15) is 11.1 Å². The van der Waals surface area contributed by atoms with Gasteiger partial charge in [0.25, 0.3) is 5.91 Å². The van der Waals surface area contributed by atoms with Crippen molar-refractivity contribution < 1.29 is 14.3 Å². The maximum Gasteiger partial charge on any atom is 0.408 e. The molecule has 6 nitrogen and oxygen atoms in total. The first kappa shape index (κ1) is 13.8. The van der Waals surface area contributed by atoms with Gasteiger partial charge in [-0.3, -0.25) is 10.2 Å². The second kappa shape index (κ2) is 4.91. The molecule has 0 saturated heterocycles. The molecule has 1 aliphatic rings. The summed E-state index contributed by atoms with van der Waals surface area (Å²) in [4.78, 5) is 23.4. The first-order chi connectivity index (χ1) is 7.79. The fourth-order valence-corrected chi connectivity index (χ4v) is 2.02. The van der Waals surface area contributed by atoms with E-state index in [1.807, 2.05) is 0 Å². The van der Waals surface area contributed by atoms with Crippen LogP contribution in [0.1, 0.15) is 46.5 Å². The first-order valence-corrected chi connectivity index (χ1v) is 5.81. The number of carbonyl (C=O) groups excluding carboxylic acids is 2. The first-order valence-electron chi connectivity index (χ1n) is 5.81. The number of hydrogen-bond acceptors (Lipinski definition) is 4. The minimum atomic E-state index is -0.906. The Kier molecular flexibility index (Phi) is 3.98. The van der Waals surface area contributed by atoms with Crippen LogP contribution in [0.3, 0.4) is 0 Å². The van der Waals surface area contributed by atoms with Gasteiger partial charge in [-0.25, -0.2) is 10.6 Å². The number of hydrogen-bond donors (Lipinski definition) is 3. The SMILES string of the molecule is CC(C)(C)OC(=O)NC1(C(=O)NN)CCCC1. The number of nitrogens with two attached hydrogens (primary N) is 1. The lowest BCUT2D eigenvalue weighted by molar-refractivity contribution is -0.127. The van der Waals surface area contributed by atoms with Gasteiger partial charge in [0.2, 0.25) is 0 Å². The molecule has 1 fully saturated rings. The van der Waals surface area contributed by atoms with E-state index in [1.165, 1.54) is 0 Å². The lowest BCUT2D eigenvalue weighted by atomic mass is 9.97. The summed E-state index contributed by atoms with van der Waals surface area (Å²) in [5.41, 5.74) is 0.621. The van der Waals surface area contributed by atoms with E-state index in [0.29, 0.717) is 12.8 Å². The van der Waals surface area contributed by atoms with Gasteiger partial charge in [-0.15, -0.1) is 0 Å². The van der Waals surface area contributed by atoms with Crippen LogP contribution in [-0.4, -0.2) is 23.1 Å². The second-order valence-corrected chi connectivity index (χ2v) is 5.39. The van der Waals surface area contributed by atoms with E-state index < -0.39 is 17.2 Å². The topological polar surface area (TPSA) is 93.4 Å². The highest BCUT2D eigenvalue weighted by atomic mass is 16.6. The lowest BCUT2D eigenvalue weighted by Gasteiger charge is -2.29. The highest BCUT2D eigenvalue weighted by molar-refractivity contribution is 5.89. The van der Waals surface area contributed by atoms with Gasteiger partial charge in [0.05, 0.1) is 0 Å². The van der Waals surface area contributed by atoms with Crippen LogP contribution >= 0.6 is 0 Å². The van der Waals surface area contributed by atoms with Gasteiger partial charge >= 0.3 is 6.09 Å². The van der Waals surface area contributed by atoms with Gasteiger partial charge in [0.15, 0.2) is 0 Å². The van der Waals surface area contributed by atoms with E-state index >= 15 is 0 Å². The van der Waals surface area contributed by atoms with Crippen LogP contribution in [0, 0.1) is 0 Å². The maximum atomic E-state index is 11.7. The molecule has 6 heteroatoms. The number of ether oxygens (including phenoxy) is 1. The molecule has 0 aromatic rings. The molecule has 4 N–H and O–H groups in total. The summed E-state index contributed by atoms with van der Waals surface area (Å²) in [6, 6.07) is 0. The highest BCUT2D eigenvalue weighted by Gasteiger charge is 2.43. The molecule has 2 amide bonds. The normalized spacial score (nSPS) is 18.6. The number of alkyl carbamates (subject to hydrolysis) is 1. The Morgan fingerprint density at radius 3 is 2.18 bits per heavy atom. The van der Waals surface area contributed by atoms with Crippen molar-refractivity contribution in [2.45, 2.75) is 57.6 Å². The van der Waals surface area contributed by atoms with Crippen LogP contribution < -0.4 is 16.6 Å². The molecule has 0 unspecified atom stereocenters. The molecule has 0 atom stereocenters. The molecule has 0 radical (unpaired) electrons. The third kappa shape index (κ3) is 3.59. The number of carbonyl (C=O) groups is 2. The molecule has 0 aromatic carbocycles. The minimum Gasteiger partial charge on any atom is -0.444 e. The Morgan fingerprint density at radius 2 is 1.76 bits per heavy atom. The van der Waals surface area contributed by atoms with Crippen LogP contribution in [-0.2, 0) is 9.53 Å². The van der Waals surface area contributed by atoms with Crippen molar-refractivity contribution in [2.75, 3.05) is 0 Å². The van der Waals surface area contributed by atoms with Gasteiger partial charge < -0.3 is 10.1 Å². The van der Waals surface area contributed by atoms with Crippen LogP contribution in [0.2, 0.25) is 0 Å². The Hall–Kier alpha value is -1.30. The second-order valence-electron chi connectivity index (χ2n) is 5.39. The fraction of sp³-hybridized carbons (Fsp3) is 0.818. The van der Waals surface area contributed by atoms with Crippen molar-refractivity contribution in [1.82, 2.24) is 10.7 Å². The van der Waals surface area contributed by atoms with Gasteiger partial charge in [-0.1, -0.05) is 12.8 Å². The molecule has 1 saturated carbocycles. The third-order valence-electron chi connectivity index (χ3n) is 2.76. The summed E-state index contributed by atoms with van der Waals surface area (Å²) in [7, 11) is 0. The number of amides is 2. The quantitative estimate of drug-likeness (QED) is 0.380. The molecule has 0 aromatic heterocycles. The summed E-state index contributed by atoms with van der Waals surface area (Å²) in [5.74, 6) is 4.79. The smallest absolute Gasteiger partial charge is 0.408 e. The molecule has 0 heterocycles. The zero-order valence-electron chi connectivity index (χ0n) is 10.6. The van der Waals surface area contributed by atoms with E-state index in [1.54, 1.807) is 20.8 Å². The molecule has 0 spiro atoms. The Labute approximate surface area is 101 Å². The Morgan fingerprint density at radius 1 is 1.24 bits per heavy atom. The van der Waals surface area contributed by atoms with Gasteiger partial charge in [0, 0.05) is 0 Å². The Balaban J connectivity index is 2.68. The van der Waals surface area contributed by atoms with Crippen LogP contribution in [0.25, 0.3) is 0 Å². The number of hydrazine groups is 1. The molecule has 1 aliphatic carbocycles. The summed E-state index contributed by atoms with van der Waals surface area (Å²) in [6.45, 7) is 5.32. The van der Waals surface area contributed by atoms with Crippen molar-refractivity contribution >= 4 is 12.0 Å². The summed E-state index contributed by atoms with van der Waals surface area (Å²) < 4.78 is 5.15. The van der Waals surface area contributed by atoms with Crippen LogP contribution in [0.4, 0.5) is 4.79 Å². The monoisotopic (exact) mass is 243 g/mol. The predicted octanol–water partition coefficient (Wildman–Crippen LogP) is 0.814. The third-order valence-corrected chi connectivity index (χ3v) is 2.76. The number of nitrogens with one attached hydrogen (secondary N) is 2.